The molecule has 3 rings (SSSR count). The smallest absolute Gasteiger partial charge is 0.317 e. The third-order valence-corrected chi connectivity index (χ3v) is 5.45. The standard InChI is InChI=1S/C20H30N2O3/c1-16-4-3-5-18(12-16)17(2)13-21-19(23)22-8-11-25-15-20(14-22)6-9-24-10-7-20/h3-5,12,17H,6-11,13-15H2,1-2H3,(H,21,23)/t17-/m0/s1. The number of hydrogen-bond acceptors (Lipinski definition) is 3. The molecule has 1 spiro atoms. The summed E-state index contributed by atoms with van der Waals surface area (Å²) in [7, 11) is 0. The van der Waals surface area contributed by atoms with Gasteiger partial charge < -0.3 is 19.7 Å². The molecule has 0 radical (unpaired) electrons. The average Bonchev–Trinajstić information content (AvgIpc) is 2.83. The summed E-state index contributed by atoms with van der Waals surface area (Å²) < 4.78 is 11.3. The number of benzene rings is 1. The summed E-state index contributed by atoms with van der Waals surface area (Å²) >= 11 is 0. The van der Waals surface area contributed by atoms with E-state index in [1.54, 1.807) is 0 Å². The topological polar surface area (TPSA) is 50.8 Å². The molecule has 0 saturated carbocycles. The van der Waals surface area contributed by atoms with Crippen LogP contribution in [0.3, 0.4) is 0 Å². The molecule has 25 heavy (non-hydrogen) atoms. The summed E-state index contributed by atoms with van der Waals surface area (Å²) in [5.74, 6) is 0.295. The van der Waals surface area contributed by atoms with Crippen LogP contribution in [0.15, 0.2) is 24.3 Å². The first kappa shape index (κ1) is 18.2. The zero-order chi connectivity index (χ0) is 17.7. The van der Waals surface area contributed by atoms with Crippen molar-refractivity contribution in [3.63, 3.8) is 0 Å². The van der Waals surface area contributed by atoms with Gasteiger partial charge in [-0.15, -0.1) is 0 Å². The maximum absolute atomic E-state index is 12.7. The lowest BCUT2D eigenvalue weighted by Crippen LogP contribution is -2.48. The molecule has 2 saturated heterocycles. The lowest BCUT2D eigenvalue weighted by molar-refractivity contribution is -0.0295. The molecule has 2 aliphatic rings. The second-order valence-electron chi connectivity index (χ2n) is 7.59. The Morgan fingerprint density at radius 3 is 2.84 bits per heavy atom. The van der Waals surface area contributed by atoms with E-state index in [1.165, 1.54) is 11.1 Å². The minimum atomic E-state index is 0.0240. The first-order valence-electron chi connectivity index (χ1n) is 9.33. The molecule has 0 bridgehead atoms. The molecule has 2 amide bonds. The molecular formula is C20H30N2O3. The van der Waals surface area contributed by atoms with Crippen LogP contribution in [-0.4, -0.2) is 57.0 Å². The highest BCUT2D eigenvalue weighted by molar-refractivity contribution is 5.74. The fourth-order valence-corrected chi connectivity index (χ4v) is 3.72. The number of carbonyl (C=O) groups is 1. The number of aryl methyl sites for hydroxylation is 1. The van der Waals surface area contributed by atoms with Gasteiger partial charge in [-0.25, -0.2) is 4.79 Å². The highest BCUT2D eigenvalue weighted by Crippen LogP contribution is 2.33. The molecule has 1 aromatic rings. The van der Waals surface area contributed by atoms with E-state index in [0.717, 1.165) is 39.2 Å². The number of hydrogen-bond donors (Lipinski definition) is 1. The Morgan fingerprint density at radius 2 is 2.08 bits per heavy atom. The van der Waals surface area contributed by atoms with E-state index in [2.05, 4.69) is 43.4 Å². The minimum Gasteiger partial charge on any atom is -0.381 e. The van der Waals surface area contributed by atoms with Crippen LogP contribution in [-0.2, 0) is 9.47 Å². The third-order valence-electron chi connectivity index (χ3n) is 5.45. The fourth-order valence-electron chi connectivity index (χ4n) is 3.72. The van der Waals surface area contributed by atoms with Crippen LogP contribution in [0.4, 0.5) is 4.79 Å². The predicted molar refractivity (Wildman–Crippen MR) is 97.9 cm³/mol. The van der Waals surface area contributed by atoms with Crippen molar-refractivity contribution < 1.29 is 14.3 Å². The second kappa shape index (κ2) is 8.19. The van der Waals surface area contributed by atoms with Gasteiger partial charge in [-0.05, 0) is 31.2 Å². The maximum atomic E-state index is 12.7. The van der Waals surface area contributed by atoms with Crippen molar-refractivity contribution in [1.29, 1.82) is 0 Å². The largest absolute Gasteiger partial charge is 0.381 e. The first-order valence-corrected chi connectivity index (χ1v) is 9.33. The molecule has 0 aliphatic carbocycles. The molecule has 5 heteroatoms. The molecule has 2 heterocycles. The Balaban J connectivity index is 1.56. The quantitative estimate of drug-likeness (QED) is 0.915. The van der Waals surface area contributed by atoms with Gasteiger partial charge >= 0.3 is 6.03 Å². The van der Waals surface area contributed by atoms with Crippen molar-refractivity contribution in [2.75, 3.05) is 46.1 Å². The molecule has 2 aliphatic heterocycles. The van der Waals surface area contributed by atoms with Crippen molar-refractivity contribution in [3.05, 3.63) is 35.4 Å². The van der Waals surface area contributed by atoms with Gasteiger partial charge in [0.05, 0.1) is 13.2 Å². The summed E-state index contributed by atoms with van der Waals surface area (Å²) in [4.78, 5) is 14.6. The molecule has 1 aromatic carbocycles. The van der Waals surface area contributed by atoms with E-state index in [0.29, 0.717) is 25.6 Å². The van der Waals surface area contributed by atoms with Crippen LogP contribution >= 0.6 is 0 Å². The summed E-state index contributed by atoms with van der Waals surface area (Å²) in [6.45, 7) is 9.21. The molecule has 1 atom stereocenters. The van der Waals surface area contributed by atoms with E-state index < -0.39 is 0 Å². The molecule has 138 valence electrons. The minimum absolute atomic E-state index is 0.0240. The van der Waals surface area contributed by atoms with Gasteiger partial charge in [-0.1, -0.05) is 36.8 Å². The van der Waals surface area contributed by atoms with Gasteiger partial charge in [0.1, 0.15) is 0 Å². The first-order chi connectivity index (χ1) is 12.1. The van der Waals surface area contributed by atoms with Crippen LogP contribution in [0, 0.1) is 12.3 Å². The van der Waals surface area contributed by atoms with Gasteiger partial charge in [0.25, 0.3) is 0 Å². The predicted octanol–water partition coefficient (Wildman–Crippen LogP) is 2.94. The van der Waals surface area contributed by atoms with Crippen LogP contribution < -0.4 is 5.32 Å². The van der Waals surface area contributed by atoms with Crippen molar-refractivity contribution in [3.8, 4) is 0 Å². The Morgan fingerprint density at radius 1 is 1.28 bits per heavy atom. The summed E-state index contributed by atoms with van der Waals surface area (Å²) in [6.07, 6.45) is 1.94. The number of ether oxygens (including phenoxy) is 2. The van der Waals surface area contributed by atoms with E-state index in [1.807, 2.05) is 4.90 Å². The number of carbonyl (C=O) groups excluding carboxylic acids is 1. The van der Waals surface area contributed by atoms with E-state index >= 15 is 0 Å². The average molecular weight is 346 g/mol. The monoisotopic (exact) mass is 346 g/mol. The molecule has 5 nitrogen and oxygen atoms in total. The number of rotatable bonds is 3. The third kappa shape index (κ3) is 4.73. The van der Waals surface area contributed by atoms with Crippen molar-refractivity contribution in [1.82, 2.24) is 10.2 Å². The van der Waals surface area contributed by atoms with Crippen molar-refractivity contribution in [2.45, 2.75) is 32.6 Å². The lowest BCUT2D eigenvalue weighted by Gasteiger charge is -2.38. The van der Waals surface area contributed by atoms with Gasteiger partial charge in [0, 0.05) is 38.3 Å². The van der Waals surface area contributed by atoms with Crippen LogP contribution in [0.5, 0.6) is 0 Å². The van der Waals surface area contributed by atoms with Crippen molar-refractivity contribution in [2.24, 2.45) is 5.41 Å². The zero-order valence-electron chi connectivity index (χ0n) is 15.4. The molecular weight excluding hydrogens is 316 g/mol. The number of urea groups is 1. The Bertz CT molecular complexity index is 584. The SMILES string of the molecule is Cc1cccc([C@@H](C)CNC(=O)N2CCOCC3(CCOCC3)C2)c1. The fraction of sp³-hybridized carbons (Fsp3) is 0.650. The van der Waals surface area contributed by atoms with E-state index in [-0.39, 0.29) is 11.4 Å². The Hall–Kier alpha value is -1.59. The van der Waals surface area contributed by atoms with Gasteiger partial charge in [-0.3, -0.25) is 0 Å². The van der Waals surface area contributed by atoms with E-state index in [9.17, 15) is 4.79 Å². The summed E-state index contributed by atoms with van der Waals surface area (Å²) in [5.41, 5.74) is 2.58. The normalized spacial score (nSPS) is 21.6. The number of nitrogens with zero attached hydrogens (tertiary/aromatic N) is 1. The molecule has 2 fully saturated rings. The lowest BCUT2D eigenvalue weighted by atomic mass is 9.80. The Labute approximate surface area is 150 Å². The number of amides is 2. The van der Waals surface area contributed by atoms with Gasteiger partial charge in [-0.2, -0.15) is 0 Å². The summed E-state index contributed by atoms with van der Waals surface area (Å²) in [6, 6.07) is 8.51. The second-order valence-corrected chi connectivity index (χ2v) is 7.59. The highest BCUT2D eigenvalue weighted by Gasteiger charge is 2.37. The van der Waals surface area contributed by atoms with Crippen molar-refractivity contribution >= 4 is 6.03 Å². The zero-order valence-corrected chi connectivity index (χ0v) is 15.4. The van der Waals surface area contributed by atoms with Crippen LogP contribution in [0.1, 0.15) is 36.8 Å². The Kier molecular flexibility index (Phi) is 5.97. The summed E-state index contributed by atoms with van der Waals surface area (Å²) in [5, 5.41) is 3.12. The van der Waals surface area contributed by atoms with Crippen LogP contribution in [0.2, 0.25) is 0 Å². The van der Waals surface area contributed by atoms with Gasteiger partial charge in [0.2, 0.25) is 0 Å². The molecule has 1 N–H and O–H groups in total. The van der Waals surface area contributed by atoms with Crippen LogP contribution in [0.25, 0.3) is 0 Å². The molecule has 0 aromatic heterocycles. The highest BCUT2D eigenvalue weighted by atomic mass is 16.5. The number of nitrogens with one attached hydrogen (secondary N) is 1. The molecule has 0 unspecified atom stereocenters. The van der Waals surface area contributed by atoms with Gasteiger partial charge in [0.15, 0.2) is 0 Å². The van der Waals surface area contributed by atoms with E-state index in [4.69, 9.17) is 9.47 Å². The maximum Gasteiger partial charge on any atom is 0.317 e.